The first-order valence-electron chi connectivity index (χ1n) is 7.91. The summed E-state index contributed by atoms with van der Waals surface area (Å²) < 4.78 is 1.32. The maximum atomic E-state index is 12.5. The van der Waals surface area contributed by atoms with Crippen LogP contribution in [0.1, 0.15) is 17.2 Å². The second-order valence-corrected chi connectivity index (χ2v) is 5.99. The summed E-state index contributed by atoms with van der Waals surface area (Å²) in [5, 5.41) is 17.0. The second-order valence-electron chi connectivity index (χ2n) is 5.61. The Morgan fingerprint density at radius 3 is 2.36 bits per heavy atom. The Kier molecular flexibility index (Phi) is 5.48. The van der Waals surface area contributed by atoms with E-state index in [1.807, 2.05) is 60.7 Å². The van der Waals surface area contributed by atoms with Gasteiger partial charge in [-0.3, -0.25) is 4.79 Å². The number of anilines is 1. The summed E-state index contributed by atoms with van der Waals surface area (Å²) in [5.41, 5.74) is 1.89. The summed E-state index contributed by atoms with van der Waals surface area (Å²) in [4.78, 5) is 12.5. The lowest BCUT2D eigenvalue weighted by atomic mass is 10.1. The molecule has 0 amide bonds. The molecule has 0 aliphatic rings. The fourth-order valence-electron chi connectivity index (χ4n) is 2.54. The van der Waals surface area contributed by atoms with Crippen LogP contribution in [-0.2, 0) is 6.54 Å². The van der Waals surface area contributed by atoms with Crippen LogP contribution >= 0.6 is 11.6 Å². The molecule has 0 bridgehead atoms. The Balaban J connectivity index is 1.84. The number of nitrogens with one attached hydrogen (secondary N) is 1. The molecule has 0 spiro atoms. The van der Waals surface area contributed by atoms with Crippen LogP contribution in [0.25, 0.3) is 0 Å². The van der Waals surface area contributed by atoms with E-state index in [2.05, 4.69) is 10.4 Å². The number of rotatable bonds is 6. The number of aliphatic hydroxyl groups is 1. The fourth-order valence-corrected chi connectivity index (χ4v) is 2.74. The van der Waals surface area contributed by atoms with Crippen molar-refractivity contribution < 1.29 is 5.11 Å². The molecule has 0 saturated carbocycles. The van der Waals surface area contributed by atoms with Crippen LogP contribution < -0.4 is 10.9 Å². The molecule has 0 aliphatic carbocycles. The van der Waals surface area contributed by atoms with Crippen LogP contribution in [0.3, 0.4) is 0 Å². The summed E-state index contributed by atoms with van der Waals surface area (Å²) in [6.07, 6.45) is 1.51. The van der Waals surface area contributed by atoms with Crippen molar-refractivity contribution in [1.82, 2.24) is 9.78 Å². The minimum atomic E-state index is -0.375. The molecular formula is C19H18ClN3O2. The van der Waals surface area contributed by atoms with Gasteiger partial charge in [-0.1, -0.05) is 72.3 Å². The third-order valence-corrected chi connectivity index (χ3v) is 4.24. The van der Waals surface area contributed by atoms with E-state index in [0.29, 0.717) is 12.2 Å². The van der Waals surface area contributed by atoms with Crippen molar-refractivity contribution in [3.05, 3.63) is 93.4 Å². The lowest BCUT2D eigenvalue weighted by Gasteiger charge is -2.19. The Bertz CT molecular complexity index is 882. The highest BCUT2D eigenvalue weighted by molar-refractivity contribution is 6.32. The number of aliphatic hydroxyl groups excluding tert-OH is 1. The largest absolute Gasteiger partial charge is 0.394 e. The second kappa shape index (κ2) is 7.96. The summed E-state index contributed by atoms with van der Waals surface area (Å²) in [6.45, 7) is 0.217. The van der Waals surface area contributed by atoms with E-state index in [1.165, 1.54) is 10.9 Å². The van der Waals surface area contributed by atoms with Gasteiger partial charge in [-0.25, -0.2) is 4.68 Å². The Labute approximate surface area is 150 Å². The SMILES string of the molecule is O=c1c(Cl)c(NC(CO)c2ccccc2)cnn1Cc1ccccc1. The van der Waals surface area contributed by atoms with Gasteiger partial charge in [-0.05, 0) is 11.1 Å². The maximum absolute atomic E-state index is 12.5. The van der Waals surface area contributed by atoms with Gasteiger partial charge in [0.25, 0.3) is 5.56 Å². The van der Waals surface area contributed by atoms with Crippen molar-refractivity contribution >= 4 is 17.3 Å². The Hall–Kier alpha value is -2.63. The quantitative estimate of drug-likeness (QED) is 0.713. The topological polar surface area (TPSA) is 67.2 Å². The molecule has 128 valence electrons. The summed E-state index contributed by atoms with van der Waals surface area (Å²) in [5.74, 6) is 0. The summed E-state index contributed by atoms with van der Waals surface area (Å²) in [6, 6.07) is 18.7. The molecule has 3 aromatic rings. The van der Waals surface area contributed by atoms with Gasteiger partial charge in [0.05, 0.1) is 31.1 Å². The molecule has 1 unspecified atom stereocenters. The first-order chi connectivity index (χ1) is 12.2. The van der Waals surface area contributed by atoms with Crippen molar-refractivity contribution in [2.45, 2.75) is 12.6 Å². The Morgan fingerprint density at radius 1 is 1.08 bits per heavy atom. The number of benzene rings is 2. The standard InChI is InChI=1S/C19H18ClN3O2/c20-18-16(22-17(13-24)15-9-5-2-6-10-15)11-21-23(19(18)25)12-14-7-3-1-4-8-14/h1-11,17,22,24H,12-13H2. The number of hydrogen-bond acceptors (Lipinski definition) is 4. The van der Waals surface area contributed by atoms with Gasteiger partial charge in [0, 0.05) is 0 Å². The first kappa shape index (κ1) is 17.2. The van der Waals surface area contributed by atoms with Crippen LogP contribution in [-0.4, -0.2) is 21.5 Å². The van der Waals surface area contributed by atoms with Gasteiger partial charge in [-0.15, -0.1) is 0 Å². The predicted molar refractivity (Wildman–Crippen MR) is 98.9 cm³/mol. The van der Waals surface area contributed by atoms with E-state index in [4.69, 9.17) is 11.6 Å². The van der Waals surface area contributed by atoms with Gasteiger partial charge in [-0.2, -0.15) is 5.10 Å². The zero-order valence-corrected chi connectivity index (χ0v) is 14.2. The third kappa shape index (κ3) is 4.07. The molecule has 1 atom stereocenters. The number of halogens is 1. The molecule has 3 rings (SSSR count). The van der Waals surface area contributed by atoms with Gasteiger partial charge in [0.1, 0.15) is 5.02 Å². The summed E-state index contributed by atoms with van der Waals surface area (Å²) >= 11 is 6.24. The smallest absolute Gasteiger partial charge is 0.287 e. The monoisotopic (exact) mass is 355 g/mol. The molecule has 2 N–H and O–H groups in total. The van der Waals surface area contributed by atoms with Crippen LogP contribution in [0.15, 0.2) is 71.7 Å². The maximum Gasteiger partial charge on any atom is 0.287 e. The molecule has 0 saturated heterocycles. The predicted octanol–water partition coefficient (Wildman–Crippen LogP) is 3.09. The van der Waals surface area contributed by atoms with Crippen molar-refractivity contribution in [2.75, 3.05) is 11.9 Å². The van der Waals surface area contributed by atoms with E-state index in [9.17, 15) is 9.90 Å². The minimum Gasteiger partial charge on any atom is -0.394 e. The minimum absolute atomic E-state index is 0.0558. The number of aromatic nitrogens is 2. The van der Waals surface area contributed by atoms with Crippen LogP contribution in [0.4, 0.5) is 5.69 Å². The zero-order valence-electron chi connectivity index (χ0n) is 13.5. The van der Waals surface area contributed by atoms with E-state index >= 15 is 0 Å². The van der Waals surface area contributed by atoms with Crippen molar-refractivity contribution in [3.8, 4) is 0 Å². The lowest BCUT2D eigenvalue weighted by molar-refractivity contribution is 0.276. The molecule has 25 heavy (non-hydrogen) atoms. The molecule has 2 aromatic carbocycles. The number of hydrogen-bond donors (Lipinski definition) is 2. The molecule has 0 fully saturated rings. The van der Waals surface area contributed by atoms with E-state index in [1.54, 1.807) is 0 Å². The van der Waals surface area contributed by atoms with Gasteiger partial charge in [0.2, 0.25) is 0 Å². The van der Waals surface area contributed by atoms with E-state index in [-0.39, 0.29) is 23.2 Å². The molecular weight excluding hydrogens is 338 g/mol. The average molecular weight is 356 g/mol. The van der Waals surface area contributed by atoms with Crippen LogP contribution in [0.2, 0.25) is 5.02 Å². The molecule has 0 radical (unpaired) electrons. The van der Waals surface area contributed by atoms with Crippen LogP contribution in [0, 0.1) is 0 Å². The average Bonchev–Trinajstić information content (AvgIpc) is 2.66. The first-order valence-corrected chi connectivity index (χ1v) is 8.28. The molecule has 5 nitrogen and oxygen atoms in total. The molecule has 1 aromatic heterocycles. The van der Waals surface area contributed by atoms with E-state index < -0.39 is 0 Å². The van der Waals surface area contributed by atoms with Gasteiger partial charge < -0.3 is 10.4 Å². The fraction of sp³-hybridized carbons (Fsp3) is 0.158. The highest BCUT2D eigenvalue weighted by atomic mass is 35.5. The molecule has 0 aliphatic heterocycles. The van der Waals surface area contributed by atoms with Crippen LogP contribution in [0.5, 0.6) is 0 Å². The third-order valence-electron chi connectivity index (χ3n) is 3.87. The molecule has 1 heterocycles. The van der Waals surface area contributed by atoms with Crippen molar-refractivity contribution in [3.63, 3.8) is 0 Å². The highest BCUT2D eigenvalue weighted by Gasteiger charge is 2.15. The highest BCUT2D eigenvalue weighted by Crippen LogP contribution is 2.22. The van der Waals surface area contributed by atoms with Crippen molar-refractivity contribution in [2.24, 2.45) is 0 Å². The Morgan fingerprint density at radius 2 is 1.72 bits per heavy atom. The van der Waals surface area contributed by atoms with Crippen molar-refractivity contribution in [1.29, 1.82) is 0 Å². The van der Waals surface area contributed by atoms with E-state index in [0.717, 1.165) is 11.1 Å². The summed E-state index contributed by atoms with van der Waals surface area (Å²) in [7, 11) is 0. The zero-order chi connectivity index (χ0) is 17.6. The normalized spacial score (nSPS) is 11.9. The molecule has 6 heteroatoms. The number of nitrogens with zero attached hydrogens (tertiary/aromatic N) is 2. The lowest BCUT2D eigenvalue weighted by Crippen LogP contribution is -2.26. The van der Waals surface area contributed by atoms with Gasteiger partial charge >= 0.3 is 0 Å². The van der Waals surface area contributed by atoms with Gasteiger partial charge in [0.15, 0.2) is 0 Å².